The van der Waals surface area contributed by atoms with Gasteiger partial charge in [0.05, 0.1) is 17.8 Å². The maximum absolute atomic E-state index is 12.3. The van der Waals surface area contributed by atoms with Crippen molar-refractivity contribution in [1.82, 2.24) is 14.2 Å². The molecule has 0 N–H and O–H groups in total. The van der Waals surface area contributed by atoms with Crippen molar-refractivity contribution < 1.29 is 13.2 Å². The van der Waals surface area contributed by atoms with Crippen LogP contribution in [0.4, 0.5) is 0 Å². The molecule has 0 radical (unpaired) electrons. The fourth-order valence-electron chi connectivity index (χ4n) is 3.08. The molecular formula is C11H15N3O3S2. The summed E-state index contributed by atoms with van der Waals surface area (Å²) in [5.74, 6) is -0.0795. The Labute approximate surface area is 116 Å². The molecule has 1 amide bonds. The number of carbonyl (C=O) groups is 1. The summed E-state index contributed by atoms with van der Waals surface area (Å²) < 4.78 is 24.9. The summed E-state index contributed by atoms with van der Waals surface area (Å²) in [6.45, 7) is 1.12. The molecule has 0 aliphatic carbocycles. The standard InChI is InChI=1S/C11H15N3O3S2/c1-19(16,17)14-5-3-9-10(14)2-4-13(9)11(15)8-6-18-7-12-8/h6-7,9-10H,2-5H2,1H3/t9-,10+/m0/s1. The van der Waals surface area contributed by atoms with Crippen LogP contribution in [0, 0.1) is 0 Å². The van der Waals surface area contributed by atoms with Gasteiger partial charge in [0.2, 0.25) is 10.0 Å². The van der Waals surface area contributed by atoms with E-state index in [2.05, 4.69) is 4.98 Å². The number of sulfonamides is 1. The monoisotopic (exact) mass is 301 g/mol. The highest BCUT2D eigenvalue weighted by Crippen LogP contribution is 2.33. The third-order valence-corrected chi connectivity index (χ3v) is 5.76. The van der Waals surface area contributed by atoms with Crippen LogP contribution in [0.1, 0.15) is 23.3 Å². The van der Waals surface area contributed by atoms with E-state index in [1.807, 2.05) is 0 Å². The Balaban J connectivity index is 1.81. The molecule has 8 heteroatoms. The molecule has 19 heavy (non-hydrogen) atoms. The topological polar surface area (TPSA) is 70.6 Å². The number of nitrogens with zero attached hydrogens (tertiary/aromatic N) is 3. The van der Waals surface area contributed by atoms with Crippen molar-refractivity contribution in [3.8, 4) is 0 Å². The maximum atomic E-state index is 12.3. The number of rotatable bonds is 2. The minimum Gasteiger partial charge on any atom is -0.333 e. The van der Waals surface area contributed by atoms with Crippen LogP contribution < -0.4 is 0 Å². The third kappa shape index (κ3) is 2.17. The van der Waals surface area contributed by atoms with Crippen LogP contribution in [0.25, 0.3) is 0 Å². The van der Waals surface area contributed by atoms with Gasteiger partial charge in [0.25, 0.3) is 5.91 Å². The lowest BCUT2D eigenvalue weighted by atomic mass is 10.1. The van der Waals surface area contributed by atoms with Crippen molar-refractivity contribution in [2.75, 3.05) is 19.3 Å². The van der Waals surface area contributed by atoms with Gasteiger partial charge in [-0.2, -0.15) is 4.31 Å². The molecule has 1 aromatic heterocycles. The number of aromatic nitrogens is 1. The SMILES string of the molecule is CS(=O)(=O)N1CC[C@H]2[C@H]1CCN2C(=O)c1cscn1. The number of amides is 1. The van der Waals surface area contributed by atoms with Crippen molar-refractivity contribution >= 4 is 27.3 Å². The Morgan fingerprint density at radius 2 is 2.11 bits per heavy atom. The Hall–Kier alpha value is -0.990. The van der Waals surface area contributed by atoms with Gasteiger partial charge in [-0.05, 0) is 12.8 Å². The second-order valence-corrected chi connectivity index (χ2v) is 7.61. The summed E-state index contributed by atoms with van der Waals surface area (Å²) in [5, 5.41) is 1.74. The van der Waals surface area contributed by atoms with E-state index < -0.39 is 10.0 Å². The Morgan fingerprint density at radius 3 is 2.74 bits per heavy atom. The highest BCUT2D eigenvalue weighted by Gasteiger charge is 2.47. The predicted octanol–water partition coefficient (Wildman–Crippen LogP) is 0.392. The fourth-order valence-corrected chi connectivity index (χ4v) is 4.78. The molecule has 0 bridgehead atoms. The molecule has 2 atom stereocenters. The van der Waals surface area contributed by atoms with Gasteiger partial charge < -0.3 is 4.90 Å². The lowest BCUT2D eigenvalue weighted by Crippen LogP contribution is -2.41. The summed E-state index contributed by atoms with van der Waals surface area (Å²) in [5.41, 5.74) is 2.10. The molecule has 0 spiro atoms. The predicted molar refractivity (Wildman–Crippen MR) is 71.5 cm³/mol. The number of hydrogen-bond donors (Lipinski definition) is 0. The zero-order valence-electron chi connectivity index (χ0n) is 10.5. The summed E-state index contributed by atoms with van der Waals surface area (Å²) in [6, 6.07) is -0.0542. The molecule has 1 aromatic rings. The molecular weight excluding hydrogens is 286 g/mol. The van der Waals surface area contributed by atoms with Gasteiger partial charge in [0.1, 0.15) is 5.69 Å². The molecule has 0 unspecified atom stereocenters. The Morgan fingerprint density at radius 1 is 1.37 bits per heavy atom. The molecule has 2 saturated heterocycles. The van der Waals surface area contributed by atoms with E-state index in [0.717, 1.165) is 0 Å². The largest absolute Gasteiger partial charge is 0.333 e. The van der Waals surface area contributed by atoms with Crippen molar-refractivity contribution in [2.24, 2.45) is 0 Å². The van der Waals surface area contributed by atoms with Gasteiger partial charge >= 0.3 is 0 Å². The van der Waals surface area contributed by atoms with Crippen LogP contribution in [0.15, 0.2) is 10.9 Å². The van der Waals surface area contributed by atoms with Crippen molar-refractivity contribution in [3.63, 3.8) is 0 Å². The van der Waals surface area contributed by atoms with Gasteiger partial charge in [-0.15, -0.1) is 11.3 Å². The molecule has 2 aliphatic heterocycles. The van der Waals surface area contributed by atoms with E-state index in [9.17, 15) is 13.2 Å². The number of carbonyl (C=O) groups excluding carboxylic acids is 1. The van der Waals surface area contributed by atoms with E-state index in [4.69, 9.17) is 0 Å². The zero-order chi connectivity index (χ0) is 13.6. The molecule has 6 nitrogen and oxygen atoms in total. The molecule has 0 saturated carbocycles. The summed E-state index contributed by atoms with van der Waals surface area (Å²) in [6.07, 6.45) is 2.67. The van der Waals surface area contributed by atoms with E-state index in [0.29, 0.717) is 31.6 Å². The van der Waals surface area contributed by atoms with Crippen molar-refractivity contribution in [2.45, 2.75) is 24.9 Å². The average Bonchev–Trinajstić information content (AvgIpc) is 3.03. The van der Waals surface area contributed by atoms with Crippen LogP contribution in [-0.4, -0.2) is 59.9 Å². The van der Waals surface area contributed by atoms with Gasteiger partial charge in [-0.3, -0.25) is 4.79 Å². The molecule has 2 aliphatic rings. The number of thiazole rings is 1. The van der Waals surface area contributed by atoms with E-state index in [1.54, 1.807) is 15.8 Å². The summed E-state index contributed by atoms with van der Waals surface area (Å²) >= 11 is 1.39. The summed E-state index contributed by atoms with van der Waals surface area (Å²) in [7, 11) is -3.18. The van der Waals surface area contributed by atoms with Gasteiger partial charge in [-0.1, -0.05) is 0 Å². The molecule has 3 rings (SSSR count). The molecule has 2 fully saturated rings. The molecule has 104 valence electrons. The zero-order valence-corrected chi connectivity index (χ0v) is 12.2. The van der Waals surface area contributed by atoms with Crippen LogP contribution in [0.5, 0.6) is 0 Å². The normalized spacial score (nSPS) is 27.7. The quantitative estimate of drug-likeness (QED) is 0.792. The number of hydrogen-bond acceptors (Lipinski definition) is 5. The second-order valence-electron chi connectivity index (χ2n) is 4.96. The minimum absolute atomic E-state index is 0.00363. The highest BCUT2D eigenvalue weighted by atomic mass is 32.2. The first-order valence-electron chi connectivity index (χ1n) is 6.14. The third-order valence-electron chi connectivity index (χ3n) is 3.86. The van der Waals surface area contributed by atoms with E-state index in [1.165, 1.54) is 21.9 Å². The fraction of sp³-hybridized carbons (Fsp3) is 0.636. The van der Waals surface area contributed by atoms with Crippen molar-refractivity contribution in [3.05, 3.63) is 16.6 Å². The molecule has 3 heterocycles. The second kappa shape index (κ2) is 4.53. The average molecular weight is 301 g/mol. The van der Waals surface area contributed by atoms with E-state index in [-0.39, 0.29) is 18.0 Å². The smallest absolute Gasteiger partial charge is 0.273 e. The lowest BCUT2D eigenvalue weighted by Gasteiger charge is -2.24. The minimum atomic E-state index is -3.18. The van der Waals surface area contributed by atoms with Gasteiger partial charge in [0.15, 0.2) is 0 Å². The number of likely N-dealkylation sites (tertiary alicyclic amines) is 1. The first-order valence-corrected chi connectivity index (χ1v) is 8.93. The maximum Gasteiger partial charge on any atom is 0.273 e. The van der Waals surface area contributed by atoms with E-state index >= 15 is 0 Å². The van der Waals surface area contributed by atoms with Gasteiger partial charge in [-0.25, -0.2) is 13.4 Å². The van der Waals surface area contributed by atoms with Crippen LogP contribution >= 0.6 is 11.3 Å². The first-order chi connectivity index (χ1) is 8.98. The molecule has 0 aromatic carbocycles. The highest BCUT2D eigenvalue weighted by molar-refractivity contribution is 7.88. The van der Waals surface area contributed by atoms with Crippen LogP contribution in [-0.2, 0) is 10.0 Å². The number of fused-ring (bicyclic) bond motifs is 1. The lowest BCUT2D eigenvalue weighted by molar-refractivity contribution is 0.0730. The van der Waals surface area contributed by atoms with Crippen molar-refractivity contribution in [1.29, 1.82) is 0 Å². The van der Waals surface area contributed by atoms with Gasteiger partial charge in [0, 0.05) is 24.5 Å². The summed E-state index contributed by atoms with van der Waals surface area (Å²) in [4.78, 5) is 18.1. The Kier molecular flexibility index (Phi) is 3.11. The van der Waals surface area contributed by atoms with Crippen LogP contribution in [0.2, 0.25) is 0 Å². The van der Waals surface area contributed by atoms with Crippen LogP contribution in [0.3, 0.4) is 0 Å². The first kappa shape index (κ1) is 13.0. The Bertz CT molecular complexity index is 584.